The van der Waals surface area contributed by atoms with E-state index in [4.69, 9.17) is 0 Å². The van der Waals surface area contributed by atoms with Crippen LogP contribution in [-0.4, -0.2) is 23.7 Å². The van der Waals surface area contributed by atoms with E-state index in [1.165, 1.54) is 0 Å². The number of amides is 1. The molecular weight excluding hydrogens is 332 g/mol. The second kappa shape index (κ2) is 6.63. The largest absolute Gasteiger partial charge is 0.393 e. The molecule has 1 saturated carbocycles. The highest BCUT2D eigenvalue weighted by Gasteiger charge is 2.25. The maximum atomic E-state index is 13.6. The van der Waals surface area contributed by atoms with Crippen LogP contribution in [-0.2, 0) is 0 Å². The molecule has 0 heterocycles. The lowest BCUT2D eigenvalue weighted by molar-refractivity contribution is 0.0661. The third-order valence-corrected chi connectivity index (χ3v) is 4.09. The standard InChI is InChI=1S/C14H16BrF2NO2/c15-9-5-10(16)13(11(17)6-9)14(20)18-7-8-3-1-2-4-12(8)19/h5-6,8,12,19H,1-4,7H2,(H,18,20)/t8-,12-/m1/s1. The van der Waals surface area contributed by atoms with Crippen molar-refractivity contribution < 1.29 is 18.7 Å². The summed E-state index contributed by atoms with van der Waals surface area (Å²) in [7, 11) is 0. The summed E-state index contributed by atoms with van der Waals surface area (Å²) in [5, 5.41) is 12.3. The number of aliphatic hydroxyl groups is 1. The van der Waals surface area contributed by atoms with E-state index in [2.05, 4.69) is 21.2 Å². The molecular formula is C14H16BrF2NO2. The minimum absolute atomic E-state index is 0.0470. The van der Waals surface area contributed by atoms with Crippen molar-refractivity contribution in [3.8, 4) is 0 Å². The normalized spacial score (nSPS) is 22.6. The summed E-state index contributed by atoms with van der Waals surface area (Å²) in [6.07, 6.45) is 3.04. The second-order valence-electron chi connectivity index (χ2n) is 5.07. The van der Waals surface area contributed by atoms with E-state index in [1.54, 1.807) is 0 Å². The van der Waals surface area contributed by atoms with Crippen LogP contribution in [0.3, 0.4) is 0 Å². The fraction of sp³-hybridized carbons (Fsp3) is 0.500. The molecule has 3 nitrogen and oxygen atoms in total. The van der Waals surface area contributed by atoms with Crippen LogP contribution in [0.2, 0.25) is 0 Å². The Bertz CT molecular complexity index is 487. The van der Waals surface area contributed by atoms with E-state index in [0.29, 0.717) is 6.42 Å². The van der Waals surface area contributed by atoms with Crippen molar-refractivity contribution in [2.75, 3.05) is 6.54 Å². The molecule has 110 valence electrons. The molecule has 20 heavy (non-hydrogen) atoms. The Morgan fingerprint density at radius 3 is 2.50 bits per heavy atom. The minimum atomic E-state index is -0.904. The number of halogens is 3. The van der Waals surface area contributed by atoms with Crippen LogP contribution >= 0.6 is 15.9 Å². The summed E-state index contributed by atoms with van der Waals surface area (Å²) in [4.78, 5) is 11.9. The molecule has 2 atom stereocenters. The van der Waals surface area contributed by atoms with Crippen molar-refractivity contribution in [2.24, 2.45) is 5.92 Å². The Labute approximate surface area is 124 Å². The first-order valence-electron chi connectivity index (χ1n) is 6.60. The van der Waals surface area contributed by atoms with Crippen molar-refractivity contribution >= 4 is 21.8 Å². The van der Waals surface area contributed by atoms with Crippen molar-refractivity contribution in [1.82, 2.24) is 5.32 Å². The molecule has 6 heteroatoms. The molecule has 1 aromatic carbocycles. The molecule has 0 aromatic heterocycles. The lowest BCUT2D eigenvalue weighted by Crippen LogP contribution is -2.37. The summed E-state index contributed by atoms with van der Waals surface area (Å²) in [5.74, 6) is -2.64. The van der Waals surface area contributed by atoms with E-state index in [0.717, 1.165) is 31.4 Å². The highest BCUT2D eigenvalue weighted by molar-refractivity contribution is 9.10. The SMILES string of the molecule is O=C(NC[C@H]1CCCC[C@H]1O)c1c(F)cc(Br)cc1F. The van der Waals surface area contributed by atoms with Gasteiger partial charge in [0.1, 0.15) is 17.2 Å². The quantitative estimate of drug-likeness (QED) is 0.882. The fourth-order valence-electron chi connectivity index (χ4n) is 2.50. The van der Waals surface area contributed by atoms with Crippen molar-refractivity contribution in [3.05, 3.63) is 33.8 Å². The topological polar surface area (TPSA) is 49.3 Å². The fourth-order valence-corrected chi connectivity index (χ4v) is 2.90. The van der Waals surface area contributed by atoms with Gasteiger partial charge in [0.25, 0.3) is 5.91 Å². The Morgan fingerprint density at radius 2 is 1.90 bits per heavy atom. The molecule has 1 fully saturated rings. The molecule has 1 aromatic rings. The van der Waals surface area contributed by atoms with Gasteiger partial charge in [-0.25, -0.2) is 8.78 Å². The highest BCUT2D eigenvalue weighted by atomic mass is 79.9. The summed E-state index contributed by atoms with van der Waals surface area (Å²) in [6.45, 7) is 0.231. The lowest BCUT2D eigenvalue weighted by Gasteiger charge is -2.27. The molecule has 2 N–H and O–H groups in total. The lowest BCUT2D eigenvalue weighted by atomic mass is 9.86. The van der Waals surface area contributed by atoms with Gasteiger partial charge < -0.3 is 10.4 Å². The first kappa shape index (κ1) is 15.4. The molecule has 0 aliphatic heterocycles. The maximum Gasteiger partial charge on any atom is 0.257 e. The van der Waals surface area contributed by atoms with Crippen LogP contribution < -0.4 is 5.32 Å². The predicted molar refractivity (Wildman–Crippen MR) is 74.4 cm³/mol. The van der Waals surface area contributed by atoms with Crippen LogP contribution in [0, 0.1) is 17.6 Å². The first-order chi connectivity index (χ1) is 9.49. The predicted octanol–water partition coefficient (Wildman–Crippen LogP) is 3.01. The Hall–Kier alpha value is -1.01. The maximum absolute atomic E-state index is 13.6. The van der Waals surface area contributed by atoms with Gasteiger partial charge in [-0.2, -0.15) is 0 Å². The number of aliphatic hydroxyl groups excluding tert-OH is 1. The van der Waals surface area contributed by atoms with Gasteiger partial charge in [0.15, 0.2) is 0 Å². The molecule has 0 unspecified atom stereocenters. The average Bonchev–Trinajstić information content (AvgIpc) is 2.36. The van der Waals surface area contributed by atoms with Gasteiger partial charge in [-0.3, -0.25) is 4.79 Å². The first-order valence-corrected chi connectivity index (χ1v) is 7.39. The van der Waals surface area contributed by atoms with E-state index in [9.17, 15) is 18.7 Å². The third kappa shape index (κ3) is 3.55. The van der Waals surface area contributed by atoms with Crippen LogP contribution in [0.1, 0.15) is 36.0 Å². The molecule has 1 aliphatic carbocycles. The smallest absolute Gasteiger partial charge is 0.257 e. The zero-order valence-corrected chi connectivity index (χ0v) is 12.4. The summed E-state index contributed by atoms with van der Waals surface area (Å²) in [6, 6.07) is 2.10. The minimum Gasteiger partial charge on any atom is -0.393 e. The Balaban J connectivity index is 2.02. The van der Waals surface area contributed by atoms with E-state index in [1.807, 2.05) is 0 Å². The van der Waals surface area contributed by atoms with Gasteiger partial charge >= 0.3 is 0 Å². The number of benzene rings is 1. The summed E-state index contributed by atoms with van der Waals surface area (Å²) < 4.78 is 27.5. The molecule has 0 bridgehead atoms. The van der Waals surface area contributed by atoms with Crippen molar-refractivity contribution in [3.63, 3.8) is 0 Å². The second-order valence-corrected chi connectivity index (χ2v) is 5.98. The number of nitrogens with one attached hydrogen (secondary N) is 1. The number of hydrogen-bond donors (Lipinski definition) is 2. The van der Waals surface area contributed by atoms with Gasteiger partial charge in [0.05, 0.1) is 6.10 Å². The summed E-state index contributed by atoms with van der Waals surface area (Å²) in [5.41, 5.74) is -0.585. The van der Waals surface area contributed by atoms with Gasteiger partial charge in [0, 0.05) is 16.9 Å². The van der Waals surface area contributed by atoms with Crippen molar-refractivity contribution in [2.45, 2.75) is 31.8 Å². The molecule has 1 aliphatic rings. The van der Waals surface area contributed by atoms with Gasteiger partial charge in [0.2, 0.25) is 0 Å². The van der Waals surface area contributed by atoms with Crippen LogP contribution in [0.4, 0.5) is 8.78 Å². The van der Waals surface area contributed by atoms with E-state index in [-0.39, 0.29) is 16.9 Å². The molecule has 0 saturated heterocycles. The van der Waals surface area contributed by atoms with Gasteiger partial charge in [-0.1, -0.05) is 28.8 Å². The zero-order chi connectivity index (χ0) is 14.7. The summed E-state index contributed by atoms with van der Waals surface area (Å²) >= 11 is 2.96. The van der Waals surface area contributed by atoms with E-state index < -0.39 is 29.2 Å². The van der Waals surface area contributed by atoms with Crippen LogP contribution in [0.25, 0.3) is 0 Å². The average molecular weight is 348 g/mol. The molecule has 0 spiro atoms. The van der Waals surface area contributed by atoms with E-state index >= 15 is 0 Å². The molecule has 1 amide bonds. The monoisotopic (exact) mass is 347 g/mol. The number of carbonyl (C=O) groups is 1. The van der Waals surface area contributed by atoms with Gasteiger partial charge in [-0.05, 0) is 25.0 Å². The number of hydrogen-bond acceptors (Lipinski definition) is 2. The van der Waals surface area contributed by atoms with Crippen LogP contribution in [0.15, 0.2) is 16.6 Å². The highest BCUT2D eigenvalue weighted by Crippen LogP contribution is 2.24. The molecule has 2 rings (SSSR count). The Morgan fingerprint density at radius 1 is 1.30 bits per heavy atom. The zero-order valence-electron chi connectivity index (χ0n) is 10.8. The molecule has 0 radical (unpaired) electrons. The Kier molecular flexibility index (Phi) is 5.10. The number of carbonyl (C=O) groups excluding carboxylic acids is 1. The van der Waals surface area contributed by atoms with Crippen LogP contribution in [0.5, 0.6) is 0 Å². The van der Waals surface area contributed by atoms with Crippen molar-refractivity contribution in [1.29, 1.82) is 0 Å². The number of rotatable bonds is 3. The third-order valence-electron chi connectivity index (χ3n) is 3.63. The van der Waals surface area contributed by atoms with Gasteiger partial charge in [-0.15, -0.1) is 0 Å².